The Morgan fingerprint density at radius 1 is 1.07 bits per heavy atom. The molecule has 4 heteroatoms. The number of carbonyl (C=O) groups is 2. The van der Waals surface area contributed by atoms with Crippen LogP contribution in [0, 0.1) is 23.7 Å². The SMILES string of the molecule is C[C@@H]1CCCN(Cc2ccccc2CNC(=O)C2C[C@H]3CCC[C@@H](C2)C3=O)C1. The predicted octanol–water partition coefficient (Wildman–Crippen LogP) is 3.93. The molecule has 3 fully saturated rings. The van der Waals surface area contributed by atoms with Crippen molar-refractivity contribution in [2.45, 2.75) is 65.0 Å². The van der Waals surface area contributed by atoms with Crippen LogP contribution in [0.4, 0.5) is 0 Å². The molecule has 1 aromatic carbocycles. The lowest BCUT2D eigenvalue weighted by molar-refractivity contribution is -0.137. The maximum Gasteiger partial charge on any atom is 0.223 e. The van der Waals surface area contributed by atoms with E-state index >= 15 is 0 Å². The highest BCUT2D eigenvalue weighted by molar-refractivity contribution is 5.88. The molecule has 1 aromatic rings. The fraction of sp³-hybridized carbons (Fsp3) is 0.667. The molecule has 1 amide bonds. The number of ketones is 1. The first-order valence-electron chi connectivity index (χ1n) is 11.2. The Kier molecular flexibility index (Phi) is 6.15. The van der Waals surface area contributed by atoms with Gasteiger partial charge in [-0.2, -0.15) is 0 Å². The number of carbonyl (C=O) groups excluding carboxylic acids is 2. The smallest absolute Gasteiger partial charge is 0.223 e. The van der Waals surface area contributed by atoms with E-state index in [9.17, 15) is 9.59 Å². The van der Waals surface area contributed by atoms with Crippen molar-refractivity contribution >= 4 is 11.7 Å². The summed E-state index contributed by atoms with van der Waals surface area (Å²) in [5.41, 5.74) is 2.55. The Morgan fingerprint density at radius 2 is 1.79 bits per heavy atom. The van der Waals surface area contributed by atoms with Gasteiger partial charge >= 0.3 is 0 Å². The Morgan fingerprint density at radius 3 is 2.50 bits per heavy atom. The second-order valence-corrected chi connectivity index (χ2v) is 9.36. The number of hydrogen-bond acceptors (Lipinski definition) is 3. The van der Waals surface area contributed by atoms with Gasteiger partial charge in [-0.1, -0.05) is 37.6 Å². The van der Waals surface area contributed by atoms with Crippen molar-refractivity contribution < 1.29 is 9.59 Å². The summed E-state index contributed by atoms with van der Waals surface area (Å²) in [6.45, 7) is 6.24. The van der Waals surface area contributed by atoms with Crippen LogP contribution >= 0.6 is 0 Å². The Bertz CT molecular complexity index is 700. The summed E-state index contributed by atoms with van der Waals surface area (Å²) < 4.78 is 0. The van der Waals surface area contributed by atoms with E-state index in [4.69, 9.17) is 0 Å². The van der Waals surface area contributed by atoms with E-state index in [1.54, 1.807) is 0 Å². The monoisotopic (exact) mass is 382 g/mol. The number of piperidine rings is 1. The number of Topliss-reactive ketones (excluding diaryl/α,β-unsaturated/α-hetero) is 1. The second-order valence-electron chi connectivity index (χ2n) is 9.36. The van der Waals surface area contributed by atoms with Crippen LogP contribution in [0.2, 0.25) is 0 Å². The molecule has 0 spiro atoms. The molecule has 1 heterocycles. The lowest BCUT2D eigenvalue weighted by Crippen LogP contribution is -2.42. The molecule has 4 nitrogen and oxygen atoms in total. The fourth-order valence-corrected chi connectivity index (χ4v) is 5.58. The molecular weight excluding hydrogens is 348 g/mol. The van der Waals surface area contributed by atoms with Crippen LogP contribution in [-0.2, 0) is 22.7 Å². The van der Waals surface area contributed by atoms with Crippen molar-refractivity contribution in [3.63, 3.8) is 0 Å². The highest BCUT2D eigenvalue weighted by Gasteiger charge is 2.41. The fourth-order valence-electron chi connectivity index (χ4n) is 5.58. The number of nitrogens with zero attached hydrogens (tertiary/aromatic N) is 1. The van der Waals surface area contributed by atoms with Gasteiger partial charge in [0.1, 0.15) is 5.78 Å². The predicted molar refractivity (Wildman–Crippen MR) is 111 cm³/mol. The first kappa shape index (κ1) is 19.6. The molecule has 152 valence electrons. The van der Waals surface area contributed by atoms with Gasteiger partial charge < -0.3 is 5.32 Å². The van der Waals surface area contributed by atoms with Crippen molar-refractivity contribution in [2.24, 2.45) is 23.7 Å². The average Bonchev–Trinajstić information content (AvgIpc) is 2.67. The molecule has 0 aromatic heterocycles. The molecule has 1 saturated heterocycles. The van der Waals surface area contributed by atoms with E-state index in [1.807, 2.05) is 0 Å². The average molecular weight is 383 g/mol. The van der Waals surface area contributed by atoms with Gasteiger partial charge in [0, 0.05) is 37.4 Å². The summed E-state index contributed by atoms with van der Waals surface area (Å²) in [5, 5.41) is 3.19. The van der Waals surface area contributed by atoms with E-state index in [-0.39, 0.29) is 23.7 Å². The van der Waals surface area contributed by atoms with E-state index in [0.29, 0.717) is 12.3 Å². The number of benzene rings is 1. The van der Waals surface area contributed by atoms with Crippen molar-refractivity contribution in [2.75, 3.05) is 13.1 Å². The molecule has 1 aliphatic heterocycles. The molecule has 28 heavy (non-hydrogen) atoms. The summed E-state index contributed by atoms with van der Waals surface area (Å²) in [4.78, 5) is 27.6. The van der Waals surface area contributed by atoms with E-state index in [1.165, 1.54) is 37.1 Å². The van der Waals surface area contributed by atoms with Gasteiger partial charge in [-0.15, -0.1) is 0 Å². The molecule has 1 unspecified atom stereocenters. The van der Waals surface area contributed by atoms with Gasteiger partial charge in [-0.3, -0.25) is 14.5 Å². The minimum Gasteiger partial charge on any atom is -0.352 e. The largest absolute Gasteiger partial charge is 0.352 e. The molecule has 2 aliphatic carbocycles. The van der Waals surface area contributed by atoms with E-state index in [0.717, 1.165) is 44.6 Å². The summed E-state index contributed by atoms with van der Waals surface area (Å²) in [6.07, 6.45) is 7.25. The zero-order valence-corrected chi connectivity index (χ0v) is 17.2. The lowest BCUT2D eigenvalue weighted by atomic mass is 9.67. The summed E-state index contributed by atoms with van der Waals surface area (Å²) in [7, 11) is 0. The van der Waals surface area contributed by atoms with Crippen LogP contribution < -0.4 is 5.32 Å². The zero-order chi connectivity index (χ0) is 19.5. The van der Waals surface area contributed by atoms with Gasteiger partial charge in [0.15, 0.2) is 0 Å². The van der Waals surface area contributed by atoms with Gasteiger partial charge in [-0.05, 0) is 62.1 Å². The third kappa shape index (κ3) is 4.48. The lowest BCUT2D eigenvalue weighted by Gasteiger charge is -2.37. The van der Waals surface area contributed by atoms with Gasteiger partial charge in [0.25, 0.3) is 0 Å². The first-order valence-corrected chi connectivity index (χ1v) is 11.2. The molecule has 0 radical (unpaired) electrons. The summed E-state index contributed by atoms with van der Waals surface area (Å²) >= 11 is 0. The number of nitrogens with one attached hydrogen (secondary N) is 1. The van der Waals surface area contributed by atoms with Gasteiger partial charge in [-0.25, -0.2) is 0 Å². The minimum atomic E-state index is 0.0168. The molecule has 3 aliphatic rings. The number of likely N-dealkylation sites (tertiary alicyclic amines) is 1. The van der Waals surface area contributed by atoms with Crippen LogP contribution in [0.3, 0.4) is 0 Å². The van der Waals surface area contributed by atoms with E-state index < -0.39 is 0 Å². The van der Waals surface area contributed by atoms with Crippen molar-refractivity contribution in [3.05, 3.63) is 35.4 Å². The zero-order valence-electron chi connectivity index (χ0n) is 17.2. The van der Waals surface area contributed by atoms with Gasteiger partial charge in [0.05, 0.1) is 0 Å². The van der Waals surface area contributed by atoms with Crippen LogP contribution in [0.25, 0.3) is 0 Å². The van der Waals surface area contributed by atoms with Crippen LogP contribution in [-0.4, -0.2) is 29.7 Å². The van der Waals surface area contributed by atoms with Gasteiger partial charge in [0.2, 0.25) is 5.91 Å². The molecule has 2 saturated carbocycles. The minimum absolute atomic E-state index is 0.0168. The molecule has 2 bridgehead atoms. The Labute approximate surface area is 169 Å². The van der Waals surface area contributed by atoms with Crippen molar-refractivity contribution in [1.29, 1.82) is 0 Å². The number of rotatable bonds is 5. The maximum absolute atomic E-state index is 12.8. The number of fused-ring (bicyclic) bond motifs is 2. The third-order valence-corrected chi connectivity index (χ3v) is 7.13. The summed E-state index contributed by atoms with van der Waals surface area (Å²) in [6, 6.07) is 8.50. The van der Waals surface area contributed by atoms with Crippen LogP contribution in [0.1, 0.15) is 63.0 Å². The number of hydrogen-bond donors (Lipinski definition) is 1. The number of amides is 1. The van der Waals surface area contributed by atoms with Crippen molar-refractivity contribution in [1.82, 2.24) is 10.2 Å². The Hall–Kier alpha value is -1.68. The van der Waals surface area contributed by atoms with Crippen LogP contribution in [0.5, 0.6) is 0 Å². The topological polar surface area (TPSA) is 49.4 Å². The standard InChI is InChI=1S/C24H34N2O2/c1-17-6-5-11-26(15-17)16-21-8-3-2-7-20(21)14-25-24(28)22-12-18-9-4-10-19(13-22)23(18)27/h2-3,7-8,17-19,22H,4-6,9-16H2,1H3,(H,25,28)/t17-,18-,19+,22?/m1/s1. The maximum atomic E-state index is 12.8. The molecule has 4 atom stereocenters. The van der Waals surface area contributed by atoms with E-state index in [2.05, 4.69) is 41.4 Å². The van der Waals surface area contributed by atoms with Crippen molar-refractivity contribution in [3.8, 4) is 0 Å². The highest BCUT2D eigenvalue weighted by Crippen LogP contribution is 2.40. The highest BCUT2D eigenvalue weighted by atomic mass is 16.2. The second kappa shape index (κ2) is 8.77. The normalized spacial score (nSPS) is 30.8. The first-order chi connectivity index (χ1) is 13.6. The summed E-state index contributed by atoms with van der Waals surface area (Å²) in [5.74, 6) is 1.63. The van der Waals surface area contributed by atoms with Crippen LogP contribution in [0.15, 0.2) is 24.3 Å². The Balaban J connectivity index is 1.34. The molecule has 1 N–H and O–H groups in total. The molecular formula is C24H34N2O2. The molecule has 4 rings (SSSR count). The quantitative estimate of drug-likeness (QED) is 0.839. The third-order valence-electron chi connectivity index (χ3n) is 7.13.